The molecule has 2 aromatic heterocycles. The van der Waals surface area contributed by atoms with Crippen molar-refractivity contribution < 1.29 is 9.26 Å². The lowest BCUT2D eigenvalue weighted by molar-refractivity contribution is 0.199. The number of rotatable bonds is 8. The third-order valence-corrected chi connectivity index (χ3v) is 2.66. The van der Waals surface area contributed by atoms with Crippen molar-refractivity contribution in [2.24, 2.45) is 0 Å². The van der Waals surface area contributed by atoms with Crippen LogP contribution in [0.1, 0.15) is 18.6 Å². The topological polar surface area (TPSA) is 78.0 Å². The summed E-state index contributed by atoms with van der Waals surface area (Å²) in [6.45, 7) is 4.05. The van der Waals surface area contributed by atoms with Gasteiger partial charge in [0.25, 0.3) is 0 Å². The van der Waals surface area contributed by atoms with Crippen molar-refractivity contribution in [1.82, 2.24) is 25.2 Å². The minimum absolute atomic E-state index is 0.272. The van der Waals surface area contributed by atoms with E-state index >= 15 is 0 Å². The van der Waals surface area contributed by atoms with Gasteiger partial charge in [0.1, 0.15) is 0 Å². The summed E-state index contributed by atoms with van der Waals surface area (Å²) in [4.78, 5) is 4.27. The molecule has 7 heteroatoms. The quantitative estimate of drug-likeness (QED) is 0.754. The van der Waals surface area contributed by atoms with Crippen LogP contribution in [0, 0.1) is 0 Å². The summed E-state index contributed by atoms with van der Waals surface area (Å²) in [5.74, 6) is 1.27. The molecule has 0 spiro atoms. The maximum Gasteiger partial charge on any atom is 0.240 e. The number of hydrogen-bond donors (Lipinski definition) is 1. The van der Waals surface area contributed by atoms with Crippen molar-refractivity contribution in [3.63, 3.8) is 0 Å². The third-order valence-electron chi connectivity index (χ3n) is 2.66. The van der Waals surface area contributed by atoms with Crippen molar-refractivity contribution in [2.75, 3.05) is 13.7 Å². The summed E-state index contributed by atoms with van der Waals surface area (Å²) < 4.78 is 12.0. The second kappa shape index (κ2) is 7.01. The predicted molar refractivity (Wildman–Crippen MR) is 68.4 cm³/mol. The zero-order valence-electron chi connectivity index (χ0n) is 11.2. The predicted octanol–water partition coefficient (Wildman–Crippen LogP) is 0.633. The van der Waals surface area contributed by atoms with Crippen molar-refractivity contribution in [1.29, 1.82) is 0 Å². The molecule has 19 heavy (non-hydrogen) atoms. The molecule has 2 heterocycles. The van der Waals surface area contributed by atoms with Crippen LogP contribution >= 0.6 is 0 Å². The highest BCUT2D eigenvalue weighted by Gasteiger charge is 2.08. The summed E-state index contributed by atoms with van der Waals surface area (Å²) in [5, 5.41) is 11.4. The summed E-state index contributed by atoms with van der Waals surface area (Å²) >= 11 is 0. The SMILES string of the molecule is COCCc1noc(CN[C@@H](C)Cn2cccn2)n1. The van der Waals surface area contributed by atoms with Crippen LogP contribution < -0.4 is 5.32 Å². The molecule has 0 radical (unpaired) electrons. The van der Waals surface area contributed by atoms with E-state index in [0.29, 0.717) is 31.3 Å². The first kappa shape index (κ1) is 13.7. The van der Waals surface area contributed by atoms with Crippen LogP contribution in [0.5, 0.6) is 0 Å². The molecular formula is C12H19N5O2. The zero-order valence-corrected chi connectivity index (χ0v) is 11.2. The molecule has 1 N–H and O–H groups in total. The standard InChI is InChI=1S/C12H19N5O2/c1-10(9-17-6-3-5-14-17)13-8-12-15-11(16-19-12)4-7-18-2/h3,5-6,10,13H,4,7-9H2,1-2H3/t10-/m0/s1. The third kappa shape index (κ3) is 4.46. The molecule has 2 rings (SSSR count). The molecule has 0 saturated carbocycles. The van der Waals surface area contributed by atoms with Gasteiger partial charge in [-0.2, -0.15) is 10.1 Å². The highest BCUT2D eigenvalue weighted by atomic mass is 16.5. The second-order valence-electron chi connectivity index (χ2n) is 4.36. The Kier molecular flexibility index (Phi) is 5.05. The molecule has 0 aliphatic heterocycles. The maximum atomic E-state index is 5.15. The summed E-state index contributed by atoms with van der Waals surface area (Å²) in [6, 6.07) is 2.18. The van der Waals surface area contributed by atoms with E-state index in [1.54, 1.807) is 13.3 Å². The first-order chi connectivity index (χ1) is 9.28. The van der Waals surface area contributed by atoms with Gasteiger partial charge in [-0.15, -0.1) is 0 Å². The fraction of sp³-hybridized carbons (Fsp3) is 0.583. The fourth-order valence-electron chi connectivity index (χ4n) is 1.67. The Bertz CT molecular complexity index is 468. The van der Waals surface area contributed by atoms with Gasteiger partial charge < -0.3 is 14.6 Å². The number of hydrogen-bond acceptors (Lipinski definition) is 6. The van der Waals surface area contributed by atoms with E-state index in [4.69, 9.17) is 9.26 Å². The van der Waals surface area contributed by atoms with E-state index in [9.17, 15) is 0 Å². The molecule has 0 aliphatic rings. The highest BCUT2D eigenvalue weighted by molar-refractivity contribution is 4.86. The van der Waals surface area contributed by atoms with E-state index in [-0.39, 0.29) is 6.04 Å². The molecule has 2 aromatic rings. The Morgan fingerprint density at radius 1 is 1.53 bits per heavy atom. The summed E-state index contributed by atoms with van der Waals surface area (Å²) in [7, 11) is 1.65. The van der Waals surface area contributed by atoms with Gasteiger partial charge in [-0.25, -0.2) is 0 Å². The van der Waals surface area contributed by atoms with Crippen LogP contribution in [-0.4, -0.2) is 39.7 Å². The van der Waals surface area contributed by atoms with Gasteiger partial charge in [0, 0.05) is 32.0 Å². The maximum absolute atomic E-state index is 5.15. The lowest BCUT2D eigenvalue weighted by Crippen LogP contribution is -2.30. The average molecular weight is 265 g/mol. The minimum atomic E-state index is 0.272. The minimum Gasteiger partial charge on any atom is -0.384 e. The largest absolute Gasteiger partial charge is 0.384 e. The van der Waals surface area contributed by atoms with Crippen molar-refractivity contribution >= 4 is 0 Å². The Labute approximate surface area is 111 Å². The number of methoxy groups -OCH3 is 1. The van der Waals surface area contributed by atoms with Crippen LogP contribution in [0.15, 0.2) is 23.0 Å². The molecule has 0 aromatic carbocycles. The zero-order chi connectivity index (χ0) is 13.5. The van der Waals surface area contributed by atoms with Gasteiger partial charge in [0.2, 0.25) is 5.89 Å². The van der Waals surface area contributed by atoms with Gasteiger partial charge in [-0.05, 0) is 13.0 Å². The molecule has 0 fully saturated rings. The first-order valence-corrected chi connectivity index (χ1v) is 6.29. The van der Waals surface area contributed by atoms with Crippen LogP contribution in [0.25, 0.3) is 0 Å². The van der Waals surface area contributed by atoms with Gasteiger partial charge in [-0.1, -0.05) is 5.16 Å². The summed E-state index contributed by atoms with van der Waals surface area (Å²) in [5.41, 5.74) is 0. The van der Waals surface area contributed by atoms with E-state index in [1.807, 2.05) is 16.9 Å². The van der Waals surface area contributed by atoms with Crippen molar-refractivity contribution in [3.8, 4) is 0 Å². The van der Waals surface area contributed by atoms with E-state index in [0.717, 1.165) is 6.54 Å². The van der Waals surface area contributed by atoms with Crippen LogP contribution in [0.4, 0.5) is 0 Å². The molecular weight excluding hydrogens is 246 g/mol. The molecule has 0 aliphatic carbocycles. The van der Waals surface area contributed by atoms with Gasteiger partial charge in [-0.3, -0.25) is 4.68 Å². The average Bonchev–Trinajstić information content (AvgIpc) is 3.05. The molecule has 0 amide bonds. The van der Waals surface area contributed by atoms with E-state index in [2.05, 4.69) is 27.5 Å². The Morgan fingerprint density at radius 3 is 3.16 bits per heavy atom. The Balaban J connectivity index is 1.73. The Morgan fingerprint density at radius 2 is 2.42 bits per heavy atom. The number of nitrogens with one attached hydrogen (secondary N) is 1. The smallest absolute Gasteiger partial charge is 0.240 e. The normalized spacial score (nSPS) is 12.7. The number of ether oxygens (including phenoxy) is 1. The second-order valence-corrected chi connectivity index (χ2v) is 4.36. The van der Waals surface area contributed by atoms with Crippen LogP contribution in [0.3, 0.4) is 0 Å². The first-order valence-electron chi connectivity index (χ1n) is 6.29. The van der Waals surface area contributed by atoms with Gasteiger partial charge in [0.05, 0.1) is 19.7 Å². The molecule has 7 nitrogen and oxygen atoms in total. The van der Waals surface area contributed by atoms with Gasteiger partial charge >= 0.3 is 0 Å². The number of nitrogens with zero attached hydrogens (tertiary/aromatic N) is 4. The van der Waals surface area contributed by atoms with E-state index < -0.39 is 0 Å². The molecule has 0 saturated heterocycles. The summed E-state index contributed by atoms with van der Waals surface area (Å²) in [6.07, 6.45) is 4.38. The lowest BCUT2D eigenvalue weighted by atomic mass is 10.3. The van der Waals surface area contributed by atoms with Gasteiger partial charge in [0.15, 0.2) is 5.82 Å². The monoisotopic (exact) mass is 265 g/mol. The number of aromatic nitrogens is 4. The Hall–Kier alpha value is -1.73. The highest BCUT2D eigenvalue weighted by Crippen LogP contribution is 1.99. The van der Waals surface area contributed by atoms with Crippen molar-refractivity contribution in [2.45, 2.75) is 32.5 Å². The van der Waals surface area contributed by atoms with E-state index in [1.165, 1.54) is 0 Å². The molecule has 0 unspecified atom stereocenters. The van der Waals surface area contributed by atoms with Crippen molar-refractivity contribution in [3.05, 3.63) is 30.2 Å². The molecule has 0 bridgehead atoms. The molecule has 104 valence electrons. The molecule has 1 atom stereocenters. The van der Waals surface area contributed by atoms with Crippen LogP contribution in [0.2, 0.25) is 0 Å². The fourth-order valence-corrected chi connectivity index (χ4v) is 1.67. The lowest BCUT2D eigenvalue weighted by Gasteiger charge is -2.11. The van der Waals surface area contributed by atoms with Crippen LogP contribution in [-0.2, 0) is 24.2 Å².